The van der Waals surface area contributed by atoms with E-state index in [1.807, 2.05) is 0 Å². The number of methoxy groups -OCH3 is 1. The number of benzene rings is 1. The minimum atomic E-state index is -3.58. The Kier molecular flexibility index (Phi) is 6.85. The molecule has 1 amide bonds. The molecular weight excluding hydrogens is 416 g/mol. The van der Waals surface area contributed by atoms with E-state index in [1.54, 1.807) is 12.1 Å². The summed E-state index contributed by atoms with van der Waals surface area (Å²) in [5.74, 6) is 0.729. The summed E-state index contributed by atoms with van der Waals surface area (Å²) in [6.07, 6.45) is 3.36. The number of hydrogen-bond donors (Lipinski definition) is 2. The van der Waals surface area contributed by atoms with Crippen LogP contribution in [0, 0.1) is 11.8 Å². The van der Waals surface area contributed by atoms with Gasteiger partial charge in [-0.05, 0) is 62.3 Å². The second-order valence-electron chi connectivity index (χ2n) is 7.85. The lowest BCUT2D eigenvalue weighted by atomic mass is 9.81. The summed E-state index contributed by atoms with van der Waals surface area (Å²) in [4.78, 5) is 12.6. The van der Waals surface area contributed by atoms with Gasteiger partial charge in [-0.25, -0.2) is 21.6 Å². The fraction of sp³-hybridized carbons (Fsp3) is 0.632. The van der Waals surface area contributed by atoms with Crippen LogP contribution in [0.2, 0.25) is 0 Å². The molecule has 1 aromatic carbocycles. The number of sulfone groups is 1. The van der Waals surface area contributed by atoms with Crippen LogP contribution in [0.5, 0.6) is 5.75 Å². The molecule has 1 saturated heterocycles. The highest BCUT2D eigenvalue weighted by molar-refractivity contribution is 7.91. The Hall–Kier alpha value is -1.65. The Morgan fingerprint density at radius 1 is 1.10 bits per heavy atom. The number of amides is 1. The van der Waals surface area contributed by atoms with Gasteiger partial charge in [-0.1, -0.05) is 0 Å². The largest absolute Gasteiger partial charge is 0.497 e. The van der Waals surface area contributed by atoms with E-state index in [1.165, 1.54) is 19.2 Å². The monoisotopic (exact) mass is 444 g/mol. The number of nitrogens with one attached hydrogen (secondary N) is 2. The molecule has 1 saturated carbocycles. The van der Waals surface area contributed by atoms with E-state index in [0.717, 1.165) is 12.8 Å². The lowest BCUT2D eigenvalue weighted by Gasteiger charge is -2.28. The molecule has 3 rings (SSSR count). The average molecular weight is 445 g/mol. The topological polar surface area (TPSA) is 119 Å². The van der Waals surface area contributed by atoms with Crippen molar-refractivity contribution in [3.8, 4) is 5.75 Å². The molecule has 1 atom stereocenters. The molecule has 1 aromatic rings. The maximum absolute atomic E-state index is 12.4. The van der Waals surface area contributed by atoms with Crippen LogP contribution in [0.15, 0.2) is 29.2 Å². The quantitative estimate of drug-likeness (QED) is 0.650. The molecule has 0 spiro atoms. The molecule has 1 unspecified atom stereocenters. The molecule has 1 aliphatic heterocycles. The molecule has 10 heteroatoms. The van der Waals surface area contributed by atoms with Crippen molar-refractivity contribution >= 4 is 25.8 Å². The summed E-state index contributed by atoms with van der Waals surface area (Å²) in [5, 5.41) is 2.87. The van der Waals surface area contributed by atoms with Crippen LogP contribution in [0.4, 0.5) is 0 Å². The average Bonchev–Trinajstić information content (AvgIpc) is 3.05. The van der Waals surface area contributed by atoms with Crippen LogP contribution in [-0.2, 0) is 24.7 Å². The first-order valence-electron chi connectivity index (χ1n) is 9.83. The third-order valence-electron chi connectivity index (χ3n) is 5.73. The van der Waals surface area contributed by atoms with Gasteiger partial charge in [-0.2, -0.15) is 0 Å². The summed E-state index contributed by atoms with van der Waals surface area (Å²) < 4.78 is 55.6. The lowest BCUT2D eigenvalue weighted by molar-refractivity contribution is -0.126. The number of sulfonamides is 1. The highest BCUT2D eigenvalue weighted by Gasteiger charge is 2.32. The maximum atomic E-state index is 12.4. The van der Waals surface area contributed by atoms with Crippen molar-refractivity contribution in [3.63, 3.8) is 0 Å². The highest BCUT2D eigenvalue weighted by atomic mass is 32.2. The first-order valence-corrected chi connectivity index (χ1v) is 13.1. The van der Waals surface area contributed by atoms with Crippen molar-refractivity contribution in [3.05, 3.63) is 24.3 Å². The maximum Gasteiger partial charge on any atom is 0.240 e. The molecule has 162 valence electrons. The van der Waals surface area contributed by atoms with Crippen molar-refractivity contribution in [1.29, 1.82) is 0 Å². The van der Waals surface area contributed by atoms with E-state index in [9.17, 15) is 21.6 Å². The Morgan fingerprint density at radius 2 is 1.76 bits per heavy atom. The normalized spacial score (nSPS) is 26.7. The number of ether oxygens (including phenoxy) is 1. The molecule has 8 nitrogen and oxygen atoms in total. The molecular formula is C19H28N2O6S2. The summed E-state index contributed by atoms with van der Waals surface area (Å²) in [6.45, 7) is 0.337. The Balaban J connectivity index is 1.44. The van der Waals surface area contributed by atoms with E-state index in [2.05, 4.69) is 10.0 Å². The minimum Gasteiger partial charge on any atom is -0.497 e. The van der Waals surface area contributed by atoms with Crippen LogP contribution in [0.3, 0.4) is 0 Å². The van der Waals surface area contributed by atoms with Crippen molar-refractivity contribution in [2.45, 2.75) is 43.0 Å². The van der Waals surface area contributed by atoms with Gasteiger partial charge in [0.2, 0.25) is 15.9 Å². The molecule has 29 heavy (non-hydrogen) atoms. The lowest BCUT2D eigenvalue weighted by Crippen LogP contribution is -2.41. The van der Waals surface area contributed by atoms with Crippen LogP contribution in [0.1, 0.15) is 32.1 Å². The second kappa shape index (κ2) is 9.01. The zero-order valence-electron chi connectivity index (χ0n) is 16.5. The van der Waals surface area contributed by atoms with Crippen molar-refractivity contribution in [2.24, 2.45) is 11.8 Å². The van der Waals surface area contributed by atoms with Gasteiger partial charge in [0.25, 0.3) is 0 Å². The van der Waals surface area contributed by atoms with Crippen LogP contribution in [-0.4, -0.2) is 53.9 Å². The number of rotatable bonds is 7. The molecule has 2 fully saturated rings. The highest BCUT2D eigenvalue weighted by Crippen LogP contribution is 2.29. The number of hydrogen-bond acceptors (Lipinski definition) is 6. The predicted octanol–water partition coefficient (Wildman–Crippen LogP) is 1.08. The summed E-state index contributed by atoms with van der Waals surface area (Å²) in [6, 6.07) is 5.95. The summed E-state index contributed by atoms with van der Waals surface area (Å²) >= 11 is 0. The Morgan fingerprint density at radius 3 is 2.31 bits per heavy atom. The molecule has 0 bridgehead atoms. The van der Waals surface area contributed by atoms with E-state index in [0.29, 0.717) is 31.6 Å². The van der Waals surface area contributed by atoms with Gasteiger partial charge >= 0.3 is 0 Å². The molecule has 1 heterocycles. The third-order valence-corrected chi connectivity index (χ3v) is 8.94. The van der Waals surface area contributed by atoms with Gasteiger partial charge in [0.1, 0.15) is 5.75 Å². The van der Waals surface area contributed by atoms with Crippen molar-refractivity contribution in [2.75, 3.05) is 25.2 Å². The van der Waals surface area contributed by atoms with E-state index >= 15 is 0 Å². The summed E-state index contributed by atoms with van der Waals surface area (Å²) in [5.41, 5.74) is 0. The SMILES string of the molecule is COc1ccc(S(=O)(=O)NCC2CCC(C(=O)NC3CCS(=O)(=O)C3)CC2)cc1. The Bertz CT molecular complexity index is 920. The Labute approximate surface area is 172 Å². The zero-order chi connectivity index (χ0) is 21.1. The smallest absolute Gasteiger partial charge is 0.240 e. The van der Waals surface area contributed by atoms with Crippen LogP contribution >= 0.6 is 0 Å². The fourth-order valence-electron chi connectivity index (χ4n) is 3.92. The molecule has 2 aliphatic rings. The van der Waals surface area contributed by atoms with Crippen molar-refractivity contribution in [1.82, 2.24) is 10.0 Å². The zero-order valence-corrected chi connectivity index (χ0v) is 18.1. The third kappa shape index (κ3) is 5.93. The first-order chi connectivity index (χ1) is 13.7. The van der Waals surface area contributed by atoms with Gasteiger partial charge in [-0.15, -0.1) is 0 Å². The summed E-state index contributed by atoms with van der Waals surface area (Å²) in [7, 11) is -5.08. The van der Waals surface area contributed by atoms with E-state index in [4.69, 9.17) is 4.74 Å². The van der Waals surface area contributed by atoms with E-state index < -0.39 is 19.9 Å². The second-order valence-corrected chi connectivity index (χ2v) is 11.8. The molecule has 1 aliphatic carbocycles. The molecule has 0 radical (unpaired) electrons. The van der Waals surface area contributed by atoms with Crippen molar-refractivity contribution < 1.29 is 26.4 Å². The number of carbonyl (C=O) groups is 1. The standard InChI is InChI=1S/C19H28N2O6S2/c1-27-17-6-8-18(9-7-17)29(25,26)20-12-14-2-4-15(5-3-14)19(22)21-16-10-11-28(23,24)13-16/h6-9,14-16,20H,2-5,10-13H2,1H3,(H,21,22). The molecule has 2 N–H and O–H groups in total. The van der Waals surface area contributed by atoms with Crippen LogP contribution in [0.25, 0.3) is 0 Å². The van der Waals surface area contributed by atoms with Gasteiger partial charge in [-0.3, -0.25) is 4.79 Å². The minimum absolute atomic E-state index is 0.0290. The van der Waals surface area contributed by atoms with Gasteiger partial charge in [0.05, 0.1) is 23.5 Å². The molecule has 0 aromatic heterocycles. The van der Waals surface area contributed by atoms with Gasteiger partial charge < -0.3 is 10.1 Å². The van der Waals surface area contributed by atoms with E-state index in [-0.39, 0.29) is 40.2 Å². The van der Waals surface area contributed by atoms with Crippen LogP contribution < -0.4 is 14.8 Å². The van der Waals surface area contributed by atoms with Gasteiger partial charge in [0.15, 0.2) is 9.84 Å². The predicted molar refractivity (Wildman–Crippen MR) is 109 cm³/mol. The van der Waals surface area contributed by atoms with Gasteiger partial charge in [0, 0.05) is 18.5 Å². The first kappa shape index (κ1) is 22.0. The fourth-order valence-corrected chi connectivity index (χ4v) is 6.71. The number of carbonyl (C=O) groups excluding carboxylic acids is 1.